The van der Waals surface area contributed by atoms with Gasteiger partial charge in [0.25, 0.3) is 0 Å². The highest BCUT2D eigenvalue weighted by Gasteiger charge is 2.18. The highest BCUT2D eigenvalue weighted by atomic mass is 32.1. The lowest BCUT2D eigenvalue weighted by Gasteiger charge is -2.00. The summed E-state index contributed by atoms with van der Waals surface area (Å²) in [6.07, 6.45) is 3.75. The molecule has 0 spiro atoms. The summed E-state index contributed by atoms with van der Waals surface area (Å²) in [5.41, 5.74) is 9.89. The molecule has 20 heavy (non-hydrogen) atoms. The van der Waals surface area contributed by atoms with Gasteiger partial charge in [-0.05, 0) is 23.6 Å². The highest BCUT2D eigenvalue weighted by molar-refractivity contribution is 7.13. The average molecular weight is 281 g/mol. The van der Waals surface area contributed by atoms with Crippen LogP contribution in [0, 0.1) is 0 Å². The Morgan fingerprint density at radius 2 is 2.15 bits per heavy atom. The van der Waals surface area contributed by atoms with Crippen molar-refractivity contribution in [2.24, 2.45) is 0 Å². The monoisotopic (exact) mass is 281 g/mol. The summed E-state index contributed by atoms with van der Waals surface area (Å²) >= 11 is 1.64. The number of hydrogen-bond acceptors (Lipinski definition) is 4. The maximum absolute atomic E-state index is 6.02. The summed E-state index contributed by atoms with van der Waals surface area (Å²) in [4.78, 5) is 1.10. The van der Waals surface area contributed by atoms with Gasteiger partial charge in [0.2, 0.25) is 0 Å². The molecule has 0 radical (unpaired) electrons. The fourth-order valence-electron chi connectivity index (χ4n) is 2.35. The first-order valence-corrected chi connectivity index (χ1v) is 7.03. The molecule has 5 nitrogen and oxygen atoms in total. The van der Waals surface area contributed by atoms with Crippen molar-refractivity contribution in [3.63, 3.8) is 0 Å². The van der Waals surface area contributed by atoms with Crippen LogP contribution in [0.4, 0.5) is 5.82 Å². The number of fused-ring (bicyclic) bond motifs is 1. The minimum Gasteiger partial charge on any atom is -0.382 e. The van der Waals surface area contributed by atoms with E-state index in [4.69, 9.17) is 5.73 Å². The van der Waals surface area contributed by atoms with Gasteiger partial charge < -0.3 is 5.73 Å². The quantitative estimate of drug-likeness (QED) is 0.593. The number of aromatic nitrogens is 4. The van der Waals surface area contributed by atoms with E-state index in [-0.39, 0.29) is 0 Å². The van der Waals surface area contributed by atoms with E-state index in [9.17, 15) is 0 Å². The molecule has 4 aromatic heterocycles. The van der Waals surface area contributed by atoms with Crippen LogP contribution in [0.15, 0.2) is 48.1 Å². The fourth-order valence-corrected chi connectivity index (χ4v) is 3.13. The Bertz CT molecular complexity index is 872. The Balaban J connectivity index is 2.00. The van der Waals surface area contributed by atoms with Crippen molar-refractivity contribution in [1.29, 1.82) is 0 Å². The van der Waals surface area contributed by atoms with Crippen molar-refractivity contribution in [1.82, 2.24) is 19.8 Å². The molecule has 6 heteroatoms. The van der Waals surface area contributed by atoms with Crippen molar-refractivity contribution >= 4 is 22.7 Å². The molecule has 4 aromatic rings. The number of rotatable bonds is 2. The second-order valence-corrected chi connectivity index (χ2v) is 5.37. The van der Waals surface area contributed by atoms with Crippen LogP contribution in [-0.4, -0.2) is 19.8 Å². The Morgan fingerprint density at radius 1 is 1.20 bits per heavy atom. The molecule has 0 aromatic carbocycles. The van der Waals surface area contributed by atoms with Gasteiger partial charge in [0, 0.05) is 16.6 Å². The Hall–Kier alpha value is -2.60. The third-order valence-corrected chi connectivity index (χ3v) is 4.15. The van der Waals surface area contributed by atoms with Crippen molar-refractivity contribution in [3.8, 4) is 21.7 Å². The van der Waals surface area contributed by atoms with Gasteiger partial charge in [0.05, 0.1) is 23.0 Å². The van der Waals surface area contributed by atoms with Gasteiger partial charge in [0.15, 0.2) is 5.82 Å². The van der Waals surface area contributed by atoms with Crippen LogP contribution in [-0.2, 0) is 0 Å². The summed E-state index contributed by atoms with van der Waals surface area (Å²) in [5, 5.41) is 13.6. The molecule has 98 valence electrons. The lowest BCUT2D eigenvalue weighted by atomic mass is 10.1. The molecule has 0 saturated carbocycles. The molecule has 0 unspecified atom stereocenters. The Labute approximate surface area is 118 Å². The third-order valence-electron chi connectivity index (χ3n) is 3.26. The van der Waals surface area contributed by atoms with Gasteiger partial charge in [-0.15, -0.1) is 11.3 Å². The second-order valence-electron chi connectivity index (χ2n) is 4.42. The average Bonchev–Trinajstić information content (AvgIpc) is 3.16. The van der Waals surface area contributed by atoms with Crippen molar-refractivity contribution in [2.75, 3.05) is 5.73 Å². The number of pyridine rings is 1. The number of nitrogens with two attached hydrogens (primary N) is 1. The SMILES string of the molecule is Nc1n[nH]c(-c2cnn3ccccc23)c1-c1cccs1. The highest BCUT2D eigenvalue weighted by Crippen LogP contribution is 2.38. The van der Waals surface area contributed by atoms with Crippen molar-refractivity contribution in [3.05, 3.63) is 48.1 Å². The van der Waals surface area contributed by atoms with E-state index in [2.05, 4.69) is 15.3 Å². The first kappa shape index (κ1) is 11.2. The molecule has 0 bridgehead atoms. The summed E-state index contributed by atoms with van der Waals surface area (Å²) in [6.45, 7) is 0. The maximum atomic E-state index is 6.02. The lowest BCUT2D eigenvalue weighted by molar-refractivity contribution is 0.961. The van der Waals surface area contributed by atoms with Gasteiger partial charge >= 0.3 is 0 Å². The van der Waals surface area contributed by atoms with Crippen LogP contribution in [0.5, 0.6) is 0 Å². The smallest absolute Gasteiger partial charge is 0.154 e. The van der Waals surface area contributed by atoms with Crippen LogP contribution < -0.4 is 5.73 Å². The lowest BCUT2D eigenvalue weighted by Crippen LogP contribution is -1.87. The zero-order valence-corrected chi connectivity index (χ0v) is 11.3. The molecule has 0 atom stereocenters. The number of aromatic amines is 1. The largest absolute Gasteiger partial charge is 0.382 e. The normalized spacial score (nSPS) is 11.2. The maximum Gasteiger partial charge on any atom is 0.154 e. The molecule has 0 aliphatic rings. The molecular formula is C14H11N5S. The molecule has 4 rings (SSSR count). The predicted molar refractivity (Wildman–Crippen MR) is 80.5 cm³/mol. The molecule has 0 amide bonds. The second kappa shape index (κ2) is 4.21. The zero-order chi connectivity index (χ0) is 13.5. The van der Waals surface area contributed by atoms with Gasteiger partial charge in [-0.25, -0.2) is 4.52 Å². The van der Waals surface area contributed by atoms with Crippen LogP contribution in [0.25, 0.3) is 27.2 Å². The van der Waals surface area contributed by atoms with Crippen LogP contribution in [0.2, 0.25) is 0 Å². The third kappa shape index (κ3) is 1.55. The van der Waals surface area contributed by atoms with E-state index < -0.39 is 0 Å². The van der Waals surface area contributed by atoms with E-state index in [1.54, 1.807) is 11.3 Å². The standard InChI is InChI=1S/C14H11N5S/c15-14-12(11-5-3-7-20-11)13(17-18-14)9-8-16-19-6-2-1-4-10(9)19/h1-8H,(H3,15,17,18). The van der Waals surface area contributed by atoms with Crippen molar-refractivity contribution in [2.45, 2.75) is 0 Å². The van der Waals surface area contributed by atoms with E-state index >= 15 is 0 Å². The summed E-state index contributed by atoms with van der Waals surface area (Å²) < 4.78 is 1.84. The van der Waals surface area contributed by atoms with E-state index in [0.717, 1.165) is 27.2 Å². The molecule has 3 N–H and O–H groups in total. The van der Waals surface area contributed by atoms with Gasteiger partial charge in [-0.3, -0.25) is 5.10 Å². The number of hydrogen-bond donors (Lipinski definition) is 2. The summed E-state index contributed by atoms with van der Waals surface area (Å²) in [6, 6.07) is 10.0. The number of anilines is 1. The fraction of sp³-hybridized carbons (Fsp3) is 0. The van der Waals surface area contributed by atoms with E-state index in [0.29, 0.717) is 5.82 Å². The van der Waals surface area contributed by atoms with Crippen LogP contribution >= 0.6 is 11.3 Å². The molecule has 0 fully saturated rings. The zero-order valence-electron chi connectivity index (χ0n) is 10.4. The van der Waals surface area contributed by atoms with E-state index in [1.165, 1.54) is 0 Å². The number of H-pyrrole nitrogens is 1. The van der Waals surface area contributed by atoms with Crippen LogP contribution in [0.3, 0.4) is 0 Å². The predicted octanol–water partition coefficient (Wildman–Crippen LogP) is 3.04. The molecular weight excluding hydrogens is 270 g/mol. The number of nitrogens with zero attached hydrogens (tertiary/aromatic N) is 3. The first-order chi connectivity index (χ1) is 9.84. The molecule has 0 aliphatic carbocycles. The number of thiophene rings is 1. The number of nitrogens with one attached hydrogen (secondary N) is 1. The van der Waals surface area contributed by atoms with Crippen molar-refractivity contribution < 1.29 is 0 Å². The van der Waals surface area contributed by atoms with Crippen LogP contribution in [0.1, 0.15) is 0 Å². The van der Waals surface area contributed by atoms with Gasteiger partial charge in [-0.1, -0.05) is 12.1 Å². The summed E-state index contributed by atoms with van der Waals surface area (Å²) in [5.74, 6) is 0.512. The first-order valence-electron chi connectivity index (χ1n) is 6.15. The summed E-state index contributed by atoms with van der Waals surface area (Å²) in [7, 11) is 0. The Morgan fingerprint density at radius 3 is 3.00 bits per heavy atom. The number of nitrogen functional groups attached to an aromatic ring is 1. The van der Waals surface area contributed by atoms with E-state index in [1.807, 2.05) is 52.6 Å². The minimum absolute atomic E-state index is 0.512. The van der Waals surface area contributed by atoms with Gasteiger partial charge in [-0.2, -0.15) is 10.2 Å². The molecule has 4 heterocycles. The topological polar surface area (TPSA) is 72.0 Å². The minimum atomic E-state index is 0.512. The Kier molecular flexibility index (Phi) is 2.37. The molecule has 0 saturated heterocycles. The van der Waals surface area contributed by atoms with Gasteiger partial charge in [0.1, 0.15) is 0 Å². The molecule has 0 aliphatic heterocycles.